The Morgan fingerprint density at radius 2 is 1.93 bits per heavy atom. The first-order valence-corrected chi connectivity index (χ1v) is 9.19. The summed E-state index contributed by atoms with van der Waals surface area (Å²) in [6.45, 7) is 3.21. The van der Waals surface area contributed by atoms with Crippen molar-refractivity contribution in [1.29, 1.82) is 0 Å². The van der Waals surface area contributed by atoms with E-state index in [4.69, 9.17) is 10.5 Å². The number of amides is 5. The van der Waals surface area contributed by atoms with Crippen LogP contribution in [0, 0.1) is 5.92 Å². The zero-order chi connectivity index (χ0) is 21.3. The molecule has 0 spiro atoms. The molecule has 10 heteroatoms. The third-order valence-corrected chi connectivity index (χ3v) is 4.85. The number of rotatable bonds is 5. The number of carbonyl (C=O) groups excluding carboxylic acids is 5. The number of fused-ring (bicyclic) bond motifs is 3. The van der Waals surface area contributed by atoms with Gasteiger partial charge in [-0.05, 0) is 18.1 Å². The van der Waals surface area contributed by atoms with Crippen molar-refractivity contribution >= 4 is 35.4 Å². The fourth-order valence-electron chi connectivity index (χ4n) is 3.79. The first kappa shape index (κ1) is 20.3. The quantitative estimate of drug-likeness (QED) is 0.682. The van der Waals surface area contributed by atoms with Gasteiger partial charge in [0.25, 0.3) is 11.8 Å². The molecule has 2 aliphatic heterocycles. The van der Waals surface area contributed by atoms with Crippen molar-refractivity contribution in [3.8, 4) is 0 Å². The molecule has 5 amide bonds. The van der Waals surface area contributed by atoms with Gasteiger partial charge in [-0.15, -0.1) is 0 Å². The van der Waals surface area contributed by atoms with Crippen molar-refractivity contribution in [2.75, 3.05) is 18.1 Å². The maximum atomic E-state index is 13.2. The highest BCUT2D eigenvalue weighted by atomic mass is 16.5. The average molecular weight is 402 g/mol. The standard InChI is InChI=1S/C19H22N4O6/c1-11(2)9-22-16(26)12-5-3-4-6-13(12)23-15(25)7-8-19(22,23)17(27)29-10-14(24)21-18(20)28/h3-6,11H,7-10H2,1-2H3,(H3,20,21,24,28)/t19-/m1/s1. The Kier molecular flexibility index (Phi) is 5.27. The molecule has 0 saturated carbocycles. The van der Waals surface area contributed by atoms with E-state index < -0.39 is 36.1 Å². The van der Waals surface area contributed by atoms with E-state index in [-0.39, 0.29) is 31.2 Å². The molecular weight excluding hydrogens is 380 g/mol. The predicted molar refractivity (Wildman–Crippen MR) is 100 cm³/mol. The Morgan fingerprint density at radius 1 is 1.24 bits per heavy atom. The van der Waals surface area contributed by atoms with Gasteiger partial charge in [-0.25, -0.2) is 9.59 Å². The van der Waals surface area contributed by atoms with E-state index in [2.05, 4.69) is 0 Å². The number of benzene rings is 1. The molecule has 0 radical (unpaired) electrons. The number of primary amides is 1. The van der Waals surface area contributed by atoms with E-state index in [1.54, 1.807) is 29.6 Å². The van der Waals surface area contributed by atoms with Crippen molar-refractivity contribution in [3.05, 3.63) is 29.8 Å². The lowest BCUT2D eigenvalue weighted by molar-refractivity contribution is -0.160. The molecule has 29 heavy (non-hydrogen) atoms. The number of hydrogen-bond donors (Lipinski definition) is 2. The van der Waals surface area contributed by atoms with Crippen LogP contribution in [0.15, 0.2) is 24.3 Å². The van der Waals surface area contributed by atoms with E-state index in [9.17, 15) is 24.0 Å². The fourth-order valence-corrected chi connectivity index (χ4v) is 3.79. The van der Waals surface area contributed by atoms with Crippen LogP contribution in [0.2, 0.25) is 0 Å². The SMILES string of the molecule is CC(C)CN1C(=O)c2ccccc2N2C(=O)CC[C@@]12C(=O)OCC(=O)NC(N)=O. The molecule has 3 rings (SSSR count). The summed E-state index contributed by atoms with van der Waals surface area (Å²) in [5.74, 6) is -2.52. The maximum absolute atomic E-state index is 13.2. The van der Waals surface area contributed by atoms with E-state index in [0.717, 1.165) is 0 Å². The van der Waals surface area contributed by atoms with E-state index in [0.29, 0.717) is 11.3 Å². The summed E-state index contributed by atoms with van der Waals surface area (Å²) in [5.41, 5.74) is 3.85. The van der Waals surface area contributed by atoms with Gasteiger partial charge in [-0.3, -0.25) is 24.6 Å². The van der Waals surface area contributed by atoms with Gasteiger partial charge in [0.1, 0.15) is 0 Å². The minimum atomic E-state index is -1.68. The molecule has 0 aliphatic carbocycles. The molecule has 3 N–H and O–H groups in total. The number of para-hydroxylation sites is 1. The molecule has 1 aromatic rings. The Balaban J connectivity index is 2.03. The summed E-state index contributed by atoms with van der Waals surface area (Å²) in [6, 6.07) is 5.48. The number of hydrogen-bond acceptors (Lipinski definition) is 6. The van der Waals surface area contributed by atoms with Crippen LogP contribution in [0.5, 0.6) is 0 Å². The summed E-state index contributed by atoms with van der Waals surface area (Å²) >= 11 is 0. The second-order valence-corrected chi connectivity index (χ2v) is 7.36. The second-order valence-electron chi connectivity index (χ2n) is 7.36. The average Bonchev–Trinajstić information content (AvgIpc) is 3.01. The second kappa shape index (κ2) is 7.53. The van der Waals surface area contributed by atoms with Gasteiger partial charge in [0, 0.05) is 19.4 Å². The number of urea groups is 1. The lowest BCUT2D eigenvalue weighted by Gasteiger charge is -2.48. The highest BCUT2D eigenvalue weighted by molar-refractivity contribution is 6.15. The summed E-state index contributed by atoms with van der Waals surface area (Å²) < 4.78 is 5.13. The highest BCUT2D eigenvalue weighted by Gasteiger charge is 2.62. The largest absolute Gasteiger partial charge is 0.452 e. The molecular formula is C19H22N4O6. The van der Waals surface area contributed by atoms with Crippen LogP contribution in [0.1, 0.15) is 37.0 Å². The van der Waals surface area contributed by atoms with Gasteiger partial charge >= 0.3 is 12.0 Å². The number of imide groups is 1. The summed E-state index contributed by atoms with van der Waals surface area (Å²) in [6.07, 6.45) is 0.0771. The number of esters is 1. The zero-order valence-corrected chi connectivity index (χ0v) is 16.1. The number of ether oxygens (including phenoxy) is 1. The first-order chi connectivity index (χ1) is 13.7. The normalized spacial score (nSPS) is 20.4. The van der Waals surface area contributed by atoms with Crippen molar-refractivity contribution < 1.29 is 28.7 Å². The molecule has 1 atom stereocenters. The lowest BCUT2D eigenvalue weighted by Crippen LogP contribution is -2.69. The van der Waals surface area contributed by atoms with Gasteiger partial charge in [0.15, 0.2) is 6.61 Å². The lowest BCUT2D eigenvalue weighted by atomic mass is 9.95. The molecule has 1 saturated heterocycles. The summed E-state index contributed by atoms with van der Waals surface area (Å²) in [4.78, 5) is 64.2. The van der Waals surface area contributed by atoms with Crippen LogP contribution in [0.25, 0.3) is 0 Å². The van der Waals surface area contributed by atoms with E-state index in [1.165, 1.54) is 9.80 Å². The van der Waals surface area contributed by atoms with Crippen LogP contribution in [-0.4, -0.2) is 53.4 Å². The third kappa shape index (κ3) is 3.41. The molecule has 2 heterocycles. The molecule has 0 bridgehead atoms. The smallest absolute Gasteiger partial charge is 0.354 e. The van der Waals surface area contributed by atoms with Crippen molar-refractivity contribution in [3.63, 3.8) is 0 Å². The van der Waals surface area contributed by atoms with Crippen molar-refractivity contribution in [1.82, 2.24) is 10.2 Å². The predicted octanol–water partition coefficient (Wildman–Crippen LogP) is 0.360. The number of nitrogens with one attached hydrogen (secondary N) is 1. The van der Waals surface area contributed by atoms with E-state index in [1.807, 2.05) is 13.8 Å². The topological polar surface area (TPSA) is 139 Å². The van der Waals surface area contributed by atoms with Crippen LogP contribution in [0.3, 0.4) is 0 Å². The number of carbonyl (C=O) groups is 5. The molecule has 2 aliphatic rings. The van der Waals surface area contributed by atoms with Gasteiger partial charge in [-0.2, -0.15) is 0 Å². The Bertz CT molecular complexity index is 898. The minimum absolute atomic E-state index is 0.00426. The third-order valence-electron chi connectivity index (χ3n) is 4.85. The molecule has 10 nitrogen and oxygen atoms in total. The number of nitrogens with zero attached hydrogens (tertiary/aromatic N) is 2. The Hall–Kier alpha value is -3.43. The van der Waals surface area contributed by atoms with Gasteiger partial charge in [0.05, 0.1) is 11.3 Å². The zero-order valence-electron chi connectivity index (χ0n) is 16.1. The highest BCUT2D eigenvalue weighted by Crippen LogP contribution is 2.45. The summed E-state index contributed by atoms with van der Waals surface area (Å²) in [7, 11) is 0. The monoisotopic (exact) mass is 402 g/mol. The first-order valence-electron chi connectivity index (χ1n) is 9.19. The van der Waals surface area contributed by atoms with E-state index >= 15 is 0 Å². The molecule has 1 aromatic carbocycles. The van der Waals surface area contributed by atoms with Crippen LogP contribution < -0.4 is 16.0 Å². The fraction of sp³-hybridized carbons (Fsp3) is 0.421. The maximum Gasteiger partial charge on any atom is 0.354 e. The van der Waals surface area contributed by atoms with Crippen molar-refractivity contribution in [2.24, 2.45) is 11.7 Å². The van der Waals surface area contributed by atoms with Crippen LogP contribution in [0.4, 0.5) is 10.5 Å². The van der Waals surface area contributed by atoms with Crippen molar-refractivity contribution in [2.45, 2.75) is 32.4 Å². The summed E-state index contributed by atoms with van der Waals surface area (Å²) in [5, 5.41) is 1.80. The van der Waals surface area contributed by atoms with Gasteiger partial charge < -0.3 is 15.4 Å². The van der Waals surface area contributed by atoms with Crippen LogP contribution >= 0.6 is 0 Å². The molecule has 154 valence electrons. The minimum Gasteiger partial charge on any atom is -0.452 e. The molecule has 0 aromatic heterocycles. The Morgan fingerprint density at radius 3 is 2.59 bits per heavy atom. The number of nitrogens with two attached hydrogens (primary N) is 1. The molecule has 1 fully saturated rings. The van der Waals surface area contributed by atoms with Gasteiger partial charge in [-0.1, -0.05) is 26.0 Å². The Labute approximate surface area is 166 Å². The number of anilines is 1. The van der Waals surface area contributed by atoms with Crippen LogP contribution in [-0.2, 0) is 19.1 Å². The molecule has 0 unspecified atom stereocenters. The van der Waals surface area contributed by atoms with Gasteiger partial charge in [0.2, 0.25) is 11.6 Å².